The van der Waals surface area contributed by atoms with Crippen molar-refractivity contribution in [3.8, 4) is 5.75 Å². The summed E-state index contributed by atoms with van der Waals surface area (Å²) in [7, 11) is 0. The largest absolute Gasteiger partial charge is 0.483 e. The van der Waals surface area contributed by atoms with Gasteiger partial charge >= 0.3 is 0 Å². The molecule has 1 aliphatic heterocycles. The predicted molar refractivity (Wildman–Crippen MR) is 52.8 cm³/mol. The van der Waals surface area contributed by atoms with E-state index in [0.29, 0.717) is 13.0 Å². The van der Waals surface area contributed by atoms with Crippen molar-refractivity contribution >= 4 is 0 Å². The number of nitrogens with one attached hydrogen (secondary N) is 1. The fourth-order valence-electron chi connectivity index (χ4n) is 1.70. The Bertz CT molecular complexity index is 378. The summed E-state index contributed by atoms with van der Waals surface area (Å²) in [5.74, 6) is -3.84. The summed E-state index contributed by atoms with van der Waals surface area (Å²) in [4.78, 5) is 0. The fraction of sp³-hybridized carbons (Fsp3) is 0.455. The molecule has 1 heterocycles. The minimum atomic E-state index is -1.26. The zero-order chi connectivity index (χ0) is 11.5. The standard InChI is InChI=1S/C11H12F3NO/c12-8-3-4-9(13)11(10(8)14)16-7-2-1-5-15-6-7/h3-4,7,15H,1-2,5-6H2. The Hall–Kier alpha value is -1.23. The molecule has 1 saturated heterocycles. The second kappa shape index (κ2) is 4.74. The summed E-state index contributed by atoms with van der Waals surface area (Å²) in [5, 5.41) is 3.04. The minimum absolute atomic E-state index is 0.306. The number of hydrogen-bond donors (Lipinski definition) is 1. The van der Waals surface area contributed by atoms with Crippen LogP contribution in [-0.4, -0.2) is 19.2 Å². The molecule has 0 radical (unpaired) electrons. The number of rotatable bonds is 2. The summed E-state index contributed by atoms with van der Waals surface area (Å²) in [6.45, 7) is 1.39. The molecule has 0 aromatic heterocycles. The Kier molecular flexibility index (Phi) is 3.33. The second-order valence-electron chi connectivity index (χ2n) is 3.76. The Morgan fingerprint density at radius 1 is 1.19 bits per heavy atom. The monoisotopic (exact) mass is 231 g/mol. The topological polar surface area (TPSA) is 21.3 Å². The van der Waals surface area contributed by atoms with Gasteiger partial charge in [0.05, 0.1) is 0 Å². The van der Waals surface area contributed by atoms with Crippen molar-refractivity contribution in [1.29, 1.82) is 0 Å². The van der Waals surface area contributed by atoms with Gasteiger partial charge in [0.25, 0.3) is 0 Å². The molecule has 1 fully saturated rings. The molecule has 1 aliphatic rings. The lowest BCUT2D eigenvalue weighted by atomic mass is 10.1. The van der Waals surface area contributed by atoms with Crippen LogP contribution in [0.25, 0.3) is 0 Å². The third-order valence-corrected chi connectivity index (χ3v) is 2.54. The third-order valence-electron chi connectivity index (χ3n) is 2.54. The van der Waals surface area contributed by atoms with E-state index >= 15 is 0 Å². The highest BCUT2D eigenvalue weighted by atomic mass is 19.2. The molecule has 88 valence electrons. The molecule has 1 N–H and O–H groups in total. The molecule has 5 heteroatoms. The van der Waals surface area contributed by atoms with Crippen LogP contribution in [0, 0.1) is 17.5 Å². The minimum Gasteiger partial charge on any atom is -0.483 e. The van der Waals surface area contributed by atoms with Crippen LogP contribution < -0.4 is 10.1 Å². The van der Waals surface area contributed by atoms with Gasteiger partial charge in [0, 0.05) is 6.54 Å². The van der Waals surface area contributed by atoms with Crippen LogP contribution in [0.5, 0.6) is 5.75 Å². The van der Waals surface area contributed by atoms with Gasteiger partial charge in [-0.15, -0.1) is 0 Å². The zero-order valence-electron chi connectivity index (χ0n) is 8.60. The van der Waals surface area contributed by atoms with E-state index in [4.69, 9.17) is 4.74 Å². The first-order valence-corrected chi connectivity index (χ1v) is 5.19. The zero-order valence-corrected chi connectivity index (χ0v) is 8.60. The Morgan fingerprint density at radius 2 is 1.94 bits per heavy atom. The molecular weight excluding hydrogens is 219 g/mol. The van der Waals surface area contributed by atoms with Gasteiger partial charge in [0.15, 0.2) is 17.4 Å². The molecule has 16 heavy (non-hydrogen) atoms. The highest BCUT2D eigenvalue weighted by molar-refractivity contribution is 5.27. The summed E-state index contributed by atoms with van der Waals surface area (Å²) >= 11 is 0. The molecule has 0 spiro atoms. The molecule has 0 aliphatic carbocycles. The van der Waals surface area contributed by atoms with Gasteiger partial charge in [-0.3, -0.25) is 0 Å². The maximum absolute atomic E-state index is 13.3. The van der Waals surface area contributed by atoms with E-state index in [2.05, 4.69) is 5.32 Å². The molecular formula is C11H12F3NO. The van der Waals surface area contributed by atoms with Crippen molar-refractivity contribution in [3.05, 3.63) is 29.6 Å². The molecule has 1 aromatic rings. The second-order valence-corrected chi connectivity index (χ2v) is 3.76. The highest BCUT2D eigenvalue weighted by Gasteiger charge is 2.21. The molecule has 1 aromatic carbocycles. The van der Waals surface area contributed by atoms with Crippen LogP contribution >= 0.6 is 0 Å². The maximum Gasteiger partial charge on any atom is 0.203 e. The molecule has 0 bridgehead atoms. The molecule has 0 amide bonds. The Labute approximate surface area is 91.4 Å². The van der Waals surface area contributed by atoms with Crippen LogP contribution in [-0.2, 0) is 0 Å². The SMILES string of the molecule is Fc1ccc(F)c(OC2CCCNC2)c1F. The smallest absolute Gasteiger partial charge is 0.203 e. The first kappa shape index (κ1) is 11.3. The lowest BCUT2D eigenvalue weighted by molar-refractivity contribution is 0.151. The van der Waals surface area contributed by atoms with Crippen LogP contribution in [0.4, 0.5) is 13.2 Å². The van der Waals surface area contributed by atoms with E-state index < -0.39 is 23.2 Å². The predicted octanol–water partition coefficient (Wildman–Crippen LogP) is 2.23. The Balaban J connectivity index is 2.16. The van der Waals surface area contributed by atoms with Gasteiger partial charge < -0.3 is 10.1 Å². The first-order valence-electron chi connectivity index (χ1n) is 5.19. The van der Waals surface area contributed by atoms with Crippen molar-refractivity contribution in [3.63, 3.8) is 0 Å². The maximum atomic E-state index is 13.3. The Morgan fingerprint density at radius 3 is 2.62 bits per heavy atom. The van der Waals surface area contributed by atoms with Crippen molar-refractivity contribution in [2.24, 2.45) is 0 Å². The summed E-state index contributed by atoms with van der Waals surface area (Å²) in [5.41, 5.74) is 0. The van der Waals surface area contributed by atoms with Crippen LogP contribution in [0.2, 0.25) is 0 Å². The fourth-order valence-corrected chi connectivity index (χ4v) is 1.70. The summed E-state index contributed by atoms with van der Waals surface area (Å²) in [6.07, 6.45) is 1.28. The van der Waals surface area contributed by atoms with Gasteiger partial charge in [-0.25, -0.2) is 8.78 Å². The number of piperidine rings is 1. The third kappa shape index (κ3) is 2.29. The van der Waals surface area contributed by atoms with Crippen molar-refractivity contribution in [2.45, 2.75) is 18.9 Å². The summed E-state index contributed by atoms with van der Waals surface area (Å²) < 4.78 is 44.5. The molecule has 1 unspecified atom stereocenters. The quantitative estimate of drug-likeness (QED) is 0.788. The van der Waals surface area contributed by atoms with Crippen molar-refractivity contribution in [1.82, 2.24) is 5.32 Å². The van der Waals surface area contributed by atoms with Crippen LogP contribution in [0.1, 0.15) is 12.8 Å². The molecule has 0 saturated carbocycles. The van der Waals surface area contributed by atoms with E-state index in [1.807, 2.05) is 0 Å². The average molecular weight is 231 g/mol. The van der Waals surface area contributed by atoms with E-state index in [1.165, 1.54) is 0 Å². The number of halogens is 3. The lowest BCUT2D eigenvalue weighted by Crippen LogP contribution is -2.37. The van der Waals surface area contributed by atoms with E-state index in [-0.39, 0.29) is 6.10 Å². The average Bonchev–Trinajstić information content (AvgIpc) is 2.31. The molecule has 1 atom stereocenters. The number of hydrogen-bond acceptors (Lipinski definition) is 2. The summed E-state index contributed by atoms with van der Waals surface area (Å²) in [6, 6.07) is 1.61. The van der Waals surface area contributed by atoms with Crippen molar-refractivity contribution in [2.75, 3.05) is 13.1 Å². The van der Waals surface area contributed by atoms with Gasteiger partial charge in [-0.2, -0.15) is 4.39 Å². The normalized spacial score (nSPS) is 20.8. The van der Waals surface area contributed by atoms with Crippen LogP contribution in [0.3, 0.4) is 0 Å². The van der Waals surface area contributed by atoms with Gasteiger partial charge in [0.2, 0.25) is 5.82 Å². The highest BCUT2D eigenvalue weighted by Crippen LogP contribution is 2.25. The van der Waals surface area contributed by atoms with Crippen LogP contribution in [0.15, 0.2) is 12.1 Å². The molecule has 2 rings (SSSR count). The number of benzene rings is 1. The van der Waals surface area contributed by atoms with E-state index in [0.717, 1.165) is 25.1 Å². The van der Waals surface area contributed by atoms with Gasteiger partial charge in [0.1, 0.15) is 6.10 Å². The van der Waals surface area contributed by atoms with Crippen molar-refractivity contribution < 1.29 is 17.9 Å². The van der Waals surface area contributed by atoms with E-state index in [9.17, 15) is 13.2 Å². The molecule has 2 nitrogen and oxygen atoms in total. The first-order chi connectivity index (χ1) is 7.68. The lowest BCUT2D eigenvalue weighted by Gasteiger charge is -2.24. The number of ether oxygens (including phenoxy) is 1. The van der Waals surface area contributed by atoms with Gasteiger partial charge in [-0.05, 0) is 31.5 Å². The van der Waals surface area contributed by atoms with E-state index in [1.54, 1.807) is 0 Å². The van der Waals surface area contributed by atoms with Gasteiger partial charge in [-0.1, -0.05) is 0 Å².